The van der Waals surface area contributed by atoms with Gasteiger partial charge in [-0.1, -0.05) is 11.7 Å². The molecule has 16 heavy (non-hydrogen) atoms. The highest BCUT2D eigenvalue weighted by Crippen LogP contribution is 1.99. The van der Waals surface area contributed by atoms with E-state index in [0.29, 0.717) is 24.8 Å². The first kappa shape index (κ1) is 10.6. The van der Waals surface area contributed by atoms with E-state index >= 15 is 0 Å². The molecule has 84 valence electrons. The molecule has 0 amide bonds. The van der Waals surface area contributed by atoms with Crippen molar-refractivity contribution in [1.29, 1.82) is 0 Å². The number of rotatable bonds is 5. The molecule has 0 fully saturated rings. The molecule has 0 saturated heterocycles. The van der Waals surface area contributed by atoms with Crippen LogP contribution in [-0.2, 0) is 13.1 Å². The fourth-order valence-corrected chi connectivity index (χ4v) is 1.30. The van der Waals surface area contributed by atoms with E-state index in [4.69, 9.17) is 4.52 Å². The summed E-state index contributed by atoms with van der Waals surface area (Å²) in [5, 5.41) is 11.1. The van der Waals surface area contributed by atoms with Crippen molar-refractivity contribution in [3.63, 3.8) is 0 Å². The first-order valence-electron chi connectivity index (χ1n) is 4.93. The van der Waals surface area contributed by atoms with Crippen molar-refractivity contribution in [3.8, 4) is 0 Å². The average Bonchev–Trinajstić information content (AvgIpc) is 2.88. The number of nitrogens with zero attached hydrogens (tertiary/aromatic N) is 4. The Kier molecular flexibility index (Phi) is 3.11. The zero-order valence-electron chi connectivity index (χ0n) is 9.05. The number of aromatic nitrogens is 4. The lowest BCUT2D eigenvalue weighted by Crippen LogP contribution is -2.13. The fraction of sp³-hybridized carbons (Fsp3) is 0.300. The van der Waals surface area contributed by atoms with E-state index in [2.05, 4.69) is 27.1 Å². The van der Waals surface area contributed by atoms with Crippen molar-refractivity contribution >= 4 is 6.20 Å². The Hall–Kier alpha value is -1.95. The highest BCUT2D eigenvalue weighted by molar-refractivity contribution is 5.17. The molecule has 2 rings (SSSR count). The van der Waals surface area contributed by atoms with Gasteiger partial charge in [0.1, 0.15) is 0 Å². The Morgan fingerprint density at radius 1 is 1.56 bits per heavy atom. The third kappa shape index (κ3) is 2.54. The Labute approximate surface area is 93.0 Å². The summed E-state index contributed by atoms with van der Waals surface area (Å²) in [6.45, 7) is 6.68. The molecule has 6 nitrogen and oxygen atoms in total. The smallest absolute Gasteiger partial charge is 0.223 e. The Morgan fingerprint density at radius 2 is 2.44 bits per heavy atom. The second-order valence-electron chi connectivity index (χ2n) is 3.34. The molecule has 0 aromatic carbocycles. The molecule has 0 spiro atoms. The number of hydrogen-bond donors (Lipinski definition) is 1. The van der Waals surface area contributed by atoms with Crippen molar-refractivity contribution < 1.29 is 4.52 Å². The lowest BCUT2D eigenvalue weighted by Gasteiger charge is -1.97. The minimum Gasteiger partial charge on any atom is -0.340 e. The Balaban J connectivity index is 1.81. The monoisotopic (exact) mass is 219 g/mol. The number of aryl methyl sites for hydroxylation is 1. The summed E-state index contributed by atoms with van der Waals surface area (Å²) < 4.78 is 6.52. The molecule has 0 aliphatic carbocycles. The van der Waals surface area contributed by atoms with Crippen LogP contribution >= 0.6 is 0 Å². The highest BCUT2D eigenvalue weighted by atomic mass is 16.5. The summed E-state index contributed by atoms with van der Waals surface area (Å²) in [6, 6.07) is 0. The predicted octanol–water partition coefficient (Wildman–Crippen LogP) is 0.965. The third-order valence-electron chi connectivity index (χ3n) is 2.02. The van der Waals surface area contributed by atoms with Gasteiger partial charge < -0.3 is 9.84 Å². The van der Waals surface area contributed by atoms with Crippen LogP contribution in [-0.4, -0.2) is 19.9 Å². The molecule has 2 aromatic rings. The van der Waals surface area contributed by atoms with Gasteiger partial charge in [-0.15, -0.1) is 0 Å². The van der Waals surface area contributed by atoms with Crippen molar-refractivity contribution in [2.75, 3.05) is 0 Å². The lowest BCUT2D eigenvalue weighted by atomic mass is 10.3. The van der Waals surface area contributed by atoms with E-state index < -0.39 is 0 Å². The van der Waals surface area contributed by atoms with Crippen LogP contribution in [0.3, 0.4) is 0 Å². The van der Waals surface area contributed by atoms with Gasteiger partial charge >= 0.3 is 0 Å². The fourth-order valence-electron chi connectivity index (χ4n) is 1.30. The minimum absolute atomic E-state index is 0.580. The van der Waals surface area contributed by atoms with E-state index in [1.165, 1.54) is 0 Å². The maximum atomic E-state index is 4.86. The first-order valence-corrected chi connectivity index (χ1v) is 4.93. The van der Waals surface area contributed by atoms with Gasteiger partial charge in [0, 0.05) is 31.4 Å². The largest absolute Gasteiger partial charge is 0.340 e. The molecule has 0 atom stereocenters. The maximum absolute atomic E-state index is 4.86. The molecule has 0 aliphatic heterocycles. The van der Waals surface area contributed by atoms with Crippen LogP contribution in [0.4, 0.5) is 0 Å². The standard InChI is InChI=1S/C10H13N5O/c1-3-15-7-9(5-12-15)4-11-6-10-13-8(2)16-14-10/h3,5,7,11H,1,4,6H2,2H3. The Bertz CT molecular complexity index is 473. The molecule has 0 saturated carbocycles. The van der Waals surface area contributed by atoms with Gasteiger partial charge in [-0.2, -0.15) is 10.1 Å². The van der Waals surface area contributed by atoms with Crippen LogP contribution < -0.4 is 5.32 Å². The highest BCUT2D eigenvalue weighted by Gasteiger charge is 2.01. The zero-order valence-corrected chi connectivity index (χ0v) is 9.05. The molecule has 0 aliphatic rings. The van der Waals surface area contributed by atoms with E-state index in [-0.39, 0.29) is 0 Å². The zero-order chi connectivity index (χ0) is 11.4. The van der Waals surface area contributed by atoms with Crippen LogP contribution in [0.1, 0.15) is 17.3 Å². The van der Waals surface area contributed by atoms with Crippen molar-refractivity contribution in [2.24, 2.45) is 0 Å². The lowest BCUT2D eigenvalue weighted by molar-refractivity contribution is 0.385. The summed E-state index contributed by atoms with van der Waals surface area (Å²) in [6.07, 6.45) is 5.34. The van der Waals surface area contributed by atoms with Gasteiger partial charge in [0.15, 0.2) is 5.82 Å². The van der Waals surface area contributed by atoms with Gasteiger partial charge in [0.25, 0.3) is 0 Å². The quantitative estimate of drug-likeness (QED) is 0.811. The second kappa shape index (κ2) is 4.71. The summed E-state index contributed by atoms with van der Waals surface area (Å²) in [7, 11) is 0. The van der Waals surface area contributed by atoms with Gasteiger partial charge in [0.05, 0.1) is 12.7 Å². The topological polar surface area (TPSA) is 68.8 Å². The van der Waals surface area contributed by atoms with E-state index in [9.17, 15) is 0 Å². The normalized spacial score (nSPS) is 10.6. The van der Waals surface area contributed by atoms with E-state index in [1.54, 1.807) is 24.0 Å². The van der Waals surface area contributed by atoms with Crippen molar-refractivity contribution in [2.45, 2.75) is 20.0 Å². The van der Waals surface area contributed by atoms with Crippen molar-refractivity contribution in [3.05, 3.63) is 36.3 Å². The predicted molar refractivity (Wildman–Crippen MR) is 58.2 cm³/mol. The second-order valence-corrected chi connectivity index (χ2v) is 3.34. The van der Waals surface area contributed by atoms with Crippen LogP contribution in [0.25, 0.3) is 6.20 Å². The summed E-state index contributed by atoms with van der Waals surface area (Å²) in [4.78, 5) is 4.09. The molecule has 6 heteroatoms. The van der Waals surface area contributed by atoms with Crippen LogP contribution in [0.15, 0.2) is 23.5 Å². The molecule has 0 radical (unpaired) electrons. The Morgan fingerprint density at radius 3 is 3.06 bits per heavy atom. The number of nitrogens with one attached hydrogen (secondary N) is 1. The van der Waals surface area contributed by atoms with E-state index in [1.807, 2.05) is 6.20 Å². The van der Waals surface area contributed by atoms with Gasteiger partial charge in [-0.3, -0.25) is 0 Å². The molecule has 0 bridgehead atoms. The minimum atomic E-state index is 0.580. The average molecular weight is 219 g/mol. The molecule has 1 N–H and O–H groups in total. The first-order chi connectivity index (χ1) is 7.78. The number of hydrogen-bond acceptors (Lipinski definition) is 5. The summed E-state index contributed by atoms with van der Waals surface area (Å²) in [5.74, 6) is 1.24. The SMILES string of the molecule is C=Cn1cc(CNCc2noc(C)n2)cn1. The van der Waals surface area contributed by atoms with Gasteiger partial charge in [-0.05, 0) is 0 Å². The van der Waals surface area contributed by atoms with Crippen molar-refractivity contribution in [1.82, 2.24) is 25.2 Å². The van der Waals surface area contributed by atoms with Crippen LogP contribution in [0.5, 0.6) is 0 Å². The van der Waals surface area contributed by atoms with Gasteiger partial charge in [-0.25, -0.2) is 4.68 Å². The van der Waals surface area contributed by atoms with Crippen LogP contribution in [0.2, 0.25) is 0 Å². The van der Waals surface area contributed by atoms with E-state index in [0.717, 1.165) is 5.56 Å². The summed E-state index contributed by atoms with van der Waals surface area (Å²) >= 11 is 0. The summed E-state index contributed by atoms with van der Waals surface area (Å²) in [5.41, 5.74) is 1.08. The maximum Gasteiger partial charge on any atom is 0.223 e. The van der Waals surface area contributed by atoms with Crippen LogP contribution in [0, 0.1) is 6.92 Å². The molecular weight excluding hydrogens is 206 g/mol. The molecule has 2 heterocycles. The molecule has 0 unspecified atom stereocenters. The van der Waals surface area contributed by atoms with Gasteiger partial charge in [0.2, 0.25) is 5.89 Å². The molecule has 2 aromatic heterocycles. The third-order valence-corrected chi connectivity index (χ3v) is 2.02. The molecular formula is C10H13N5O.